The SMILES string of the molecule is C=C1C=CN(C(C)(C)C)C=N1. The molecule has 0 amide bonds. The Hall–Kier alpha value is -1.05. The summed E-state index contributed by atoms with van der Waals surface area (Å²) in [6.45, 7) is 10.1. The molecule has 0 saturated heterocycles. The second kappa shape index (κ2) is 2.53. The van der Waals surface area contributed by atoms with Gasteiger partial charge < -0.3 is 4.90 Å². The van der Waals surface area contributed by atoms with Crippen LogP contribution in [0.25, 0.3) is 0 Å². The van der Waals surface area contributed by atoms with Gasteiger partial charge >= 0.3 is 0 Å². The molecule has 1 rings (SSSR count). The molecule has 0 aromatic carbocycles. The molecule has 0 aromatic rings. The highest BCUT2D eigenvalue weighted by Crippen LogP contribution is 2.15. The molecule has 0 spiro atoms. The quantitative estimate of drug-likeness (QED) is 0.516. The van der Waals surface area contributed by atoms with Crippen LogP contribution in [0.3, 0.4) is 0 Å². The van der Waals surface area contributed by atoms with E-state index >= 15 is 0 Å². The standard InChI is InChI=1S/C9H14N2/c1-8-5-6-11(7-10-8)9(2,3)4/h5-7H,1H2,2-4H3. The minimum absolute atomic E-state index is 0.112. The van der Waals surface area contributed by atoms with Crippen LogP contribution >= 0.6 is 0 Å². The molecule has 0 saturated carbocycles. The number of hydrogen-bond donors (Lipinski definition) is 0. The summed E-state index contributed by atoms with van der Waals surface area (Å²) in [6, 6.07) is 0. The zero-order chi connectivity index (χ0) is 8.48. The van der Waals surface area contributed by atoms with Crippen molar-refractivity contribution in [2.45, 2.75) is 26.3 Å². The maximum Gasteiger partial charge on any atom is 0.0956 e. The van der Waals surface area contributed by atoms with Crippen molar-refractivity contribution in [3.05, 3.63) is 24.6 Å². The molecule has 11 heavy (non-hydrogen) atoms. The smallest absolute Gasteiger partial charge is 0.0956 e. The molecule has 0 N–H and O–H groups in total. The largest absolute Gasteiger partial charge is 0.334 e. The van der Waals surface area contributed by atoms with Crippen LogP contribution in [0.4, 0.5) is 0 Å². The molecule has 1 aliphatic heterocycles. The predicted molar refractivity (Wildman–Crippen MR) is 48.4 cm³/mol. The fourth-order valence-electron chi connectivity index (χ4n) is 0.781. The first-order valence-corrected chi connectivity index (χ1v) is 3.70. The third-order valence-electron chi connectivity index (χ3n) is 1.55. The van der Waals surface area contributed by atoms with Crippen molar-refractivity contribution in [3.63, 3.8) is 0 Å². The van der Waals surface area contributed by atoms with E-state index in [0.29, 0.717) is 0 Å². The van der Waals surface area contributed by atoms with Crippen LogP contribution in [0.5, 0.6) is 0 Å². The lowest BCUT2D eigenvalue weighted by atomic mass is 10.1. The van der Waals surface area contributed by atoms with E-state index in [2.05, 4.69) is 37.2 Å². The van der Waals surface area contributed by atoms with Gasteiger partial charge in [-0.1, -0.05) is 6.58 Å². The highest BCUT2D eigenvalue weighted by atomic mass is 15.2. The summed E-state index contributed by atoms with van der Waals surface area (Å²) < 4.78 is 0. The maximum absolute atomic E-state index is 4.10. The third kappa shape index (κ3) is 1.93. The van der Waals surface area contributed by atoms with Crippen molar-refractivity contribution in [2.24, 2.45) is 4.99 Å². The number of nitrogens with zero attached hydrogens (tertiary/aromatic N) is 2. The van der Waals surface area contributed by atoms with Crippen LogP contribution in [0.2, 0.25) is 0 Å². The van der Waals surface area contributed by atoms with Crippen molar-refractivity contribution in [1.29, 1.82) is 0 Å². The van der Waals surface area contributed by atoms with Crippen molar-refractivity contribution in [3.8, 4) is 0 Å². The van der Waals surface area contributed by atoms with Crippen molar-refractivity contribution >= 4 is 6.34 Å². The van der Waals surface area contributed by atoms with Crippen LogP contribution in [-0.4, -0.2) is 16.8 Å². The van der Waals surface area contributed by atoms with E-state index < -0.39 is 0 Å². The fraction of sp³-hybridized carbons (Fsp3) is 0.444. The third-order valence-corrected chi connectivity index (χ3v) is 1.55. The fourth-order valence-corrected chi connectivity index (χ4v) is 0.781. The van der Waals surface area contributed by atoms with Crippen LogP contribution in [-0.2, 0) is 0 Å². The zero-order valence-corrected chi connectivity index (χ0v) is 7.33. The summed E-state index contributed by atoms with van der Waals surface area (Å²) >= 11 is 0. The van der Waals surface area contributed by atoms with Gasteiger partial charge in [0.25, 0.3) is 0 Å². The number of allylic oxidation sites excluding steroid dienone is 1. The Morgan fingerprint density at radius 1 is 1.45 bits per heavy atom. The molecular formula is C9H14N2. The molecule has 1 heterocycles. The summed E-state index contributed by atoms with van der Waals surface area (Å²) in [6.07, 6.45) is 5.71. The Morgan fingerprint density at radius 3 is 2.45 bits per heavy atom. The van der Waals surface area contributed by atoms with Crippen LogP contribution in [0.1, 0.15) is 20.8 Å². The van der Waals surface area contributed by atoms with E-state index in [0.717, 1.165) is 5.70 Å². The summed E-state index contributed by atoms with van der Waals surface area (Å²) in [5.41, 5.74) is 0.922. The topological polar surface area (TPSA) is 15.6 Å². The minimum atomic E-state index is 0.112. The van der Waals surface area contributed by atoms with Gasteiger partial charge in [0.2, 0.25) is 0 Å². The van der Waals surface area contributed by atoms with E-state index in [4.69, 9.17) is 0 Å². The van der Waals surface area contributed by atoms with Crippen LogP contribution in [0.15, 0.2) is 29.5 Å². The van der Waals surface area contributed by atoms with Crippen molar-refractivity contribution < 1.29 is 0 Å². The first-order chi connectivity index (χ1) is 5.00. The molecule has 0 unspecified atom stereocenters. The molecule has 0 aromatic heterocycles. The molecule has 2 nitrogen and oxygen atoms in total. The number of rotatable bonds is 0. The highest BCUT2D eigenvalue weighted by molar-refractivity contribution is 5.62. The molecule has 1 aliphatic rings. The van der Waals surface area contributed by atoms with Gasteiger partial charge in [-0.15, -0.1) is 0 Å². The summed E-state index contributed by atoms with van der Waals surface area (Å²) in [4.78, 5) is 6.15. The molecule has 0 atom stereocenters. The first-order valence-electron chi connectivity index (χ1n) is 3.70. The van der Waals surface area contributed by atoms with E-state index in [1.165, 1.54) is 0 Å². The lowest BCUT2D eigenvalue weighted by molar-refractivity contribution is 0.318. The molecular weight excluding hydrogens is 136 g/mol. The average Bonchev–Trinajstić information content (AvgIpc) is 1.86. The molecule has 2 heteroatoms. The summed E-state index contributed by atoms with van der Waals surface area (Å²) in [5.74, 6) is 0. The lowest BCUT2D eigenvalue weighted by Gasteiger charge is -2.32. The molecule has 0 aliphatic carbocycles. The van der Waals surface area contributed by atoms with Gasteiger partial charge in [0.05, 0.1) is 12.0 Å². The second-order valence-corrected chi connectivity index (χ2v) is 3.63. The highest BCUT2D eigenvalue weighted by Gasteiger charge is 2.17. The Kier molecular flexibility index (Phi) is 1.85. The molecule has 0 bridgehead atoms. The Bertz CT molecular complexity index is 202. The molecule has 0 radical (unpaired) electrons. The van der Waals surface area contributed by atoms with Gasteiger partial charge in [-0.2, -0.15) is 0 Å². The zero-order valence-electron chi connectivity index (χ0n) is 7.33. The Balaban J connectivity index is 2.73. The van der Waals surface area contributed by atoms with E-state index in [9.17, 15) is 0 Å². The van der Waals surface area contributed by atoms with Gasteiger partial charge in [-0.25, -0.2) is 4.99 Å². The Morgan fingerprint density at radius 2 is 2.09 bits per heavy atom. The van der Waals surface area contributed by atoms with Gasteiger partial charge in [0, 0.05) is 11.7 Å². The van der Waals surface area contributed by atoms with Gasteiger partial charge in [0.15, 0.2) is 0 Å². The monoisotopic (exact) mass is 150 g/mol. The maximum atomic E-state index is 4.10. The van der Waals surface area contributed by atoms with E-state index in [1.54, 1.807) is 0 Å². The van der Waals surface area contributed by atoms with Gasteiger partial charge in [-0.3, -0.25) is 0 Å². The van der Waals surface area contributed by atoms with Crippen LogP contribution in [0, 0.1) is 0 Å². The number of hydrogen-bond acceptors (Lipinski definition) is 2. The average molecular weight is 150 g/mol. The van der Waals surface area contributed by atoms with Crippen molar-refractivity contribution in [1.82, 2.24) is 4.90 Å². The van der Waals surface area contributed by atoms with E-state index in [1.807, 2.05) is 18.6 Å². The normalized spacial score (nSPS) is 17.7. The first kappa shape index (κ1) is 8.05. The predicted octanol–water partition coefficient (Wildman–Crippen LogP) is 2.16. The van der Waals surface area contributed by atoms with Crippen molar-refractivity contribution in [2.75, 3.05) is 0 Å². The molecule has 0 fully saturated rings. The van der Waals surface area contributed by atoms with E-state index in [-0.39, 0.29) is 5.54 Å². The number of aliphatic imine (C=N–C) groups is 1. The minimum Gasteiger partial charge on any atom is -0.334 e. The lowest BCUT2D eigenvalue weighted by Crippen LogP contribution is -2.36. The van der Waals surface area contributed by atoms with Gasteiger partial charge in [-0.05, 0) is 26.8 Å². The summed E-state index contributed by atoms with van der Waals surface area (Å²) in [7, 11) is 0. The van der Waals surface area contributed by atoms with Crippen LogP contribution < -0.4 is 0 Å². The second-order valence-electron chi connectivity index (χ2n) is 3.63. The Labute approximate surface area is 67.9 Å². The summed E-state index contributed by atoms with van der Waals surface area (Å²) in [5, 5.41) is 0. The molecule has 60 valence electrons. The van der Waals surface area contributed by atoms with Gasteiger partial charge in [0.1, 0.15) is 0 Å².